The molecular weight excluding hydrogens is 261 g/mol. The Labute approximate surface area is 96.2 Å². The highest BCUT2D eigenvalue weighted by molar-refractivity contribution is 9.10. The zero-order valence-corrected chi connectivity index (χ0v) is 9.76. The molecular formula is C11H11BrFNO. The average molecular weight is 272 g/mol. The molecule has 1 fully saturated rings. The Hall–Kier alpha value is -0.900. The molecule has 0 saturated carbocycles. The zero-order valence-electron chi connectivity index (χ0n) is 8.17. The number of likely N-dealkylation sites (tertiary alicyclic amines) is 1. The standard InChI is InChI=1S/C11H11BrFNO/c12-9-5-8(6-10(13)7-9)11(15)14-3-1-2-4-14/h5-7H,1-4H2. The molecule has 15 heavy (non-hydrogen) atoms. The quantitative estimate of drug-likeness (QED) is 0.769. The van der Waals surface area contributed by atoms with Crippen molar-refractivity contribution in [3.8, 4) is 0 Å². The molecule has 1 aliphatic heterocycles. The normalized spacial score (nSPS) is 15.7. The first-order valence-electron chi connectivity index (χ1n) is 4.92. The van der Waals surface area contributed by atoms with E-state index in [1.165, 1.54) is 12.1 Å². The number of amides is 1. The molecule has 1 aromatic carbocycles. The SMILES string of the molecule is O=C(c1cc(F)cc(Br)c1)N1CCCC1. The number of halogens is 2. The summed E-state index contributed by atoms with van der Waals surface area (Å²) in [5.74, 6) is -0.459. The van der Waals surface area contributed by atoms with Gasteiger partial charge in [-0.1, -0.05) is 15.9 Å². The van der Waals surface area contributed by atoms with Crippen LogP contribution in [-0.4, -0.2) is 23.9 Å². The summed E-state index contributed by atoms with van der Waals surface area (Å²) < 4.78 is 13.7. The van der Waals surface area contributed by atoms with Gasteiger partial charge in [0.15, 0.2) is 0 Å². The van der Waals surface area contributed by atoms with Crippen molar-refractivity contribution in [1.29, 1.82) is 0 Å². The van der Waals surface area contributed by atoms with Crippen LogP contribution in [0.25, 0.3) is 0 Å². The fraction of sp³-hybridized carbons (Fsp3) is 0.364. The van der Waals surface area contributed by atoms with Gasteiger partial charge in [0.1, 0.15) is 5.82 Å². The number of benzene rings is 1. The molecule has 2 nitrogen and oxygen atoms in total. The molecule has 1 aliphatic rings. The zero-order chi connectivity index (χ0) is 10.8. The Morgan fingerprint density at radius 2 is 1.93 bits per heavy atom. The minimum atomic E-state index is -0.382. The van der Waals surface area contributed by atoms with E-state index in [2.05, 4.69) is 15.9 Å². The van der Waals surface area contributed by atoms with Crippen LogP contribution in [0.2, 0.25) is 0 Å². The molecule has 0 unspecified atom stereocenters. The highest BCUT2D eigenvalue weighted by atomic mass is 79.9. The van der Waals surface area contributed by atoms with E-state index in [0.717, 1.165) is 25.9 Å². The summed E-state index contributed by atoms with van der Waals surface area (Å²) >= 11 is 3.18. The van der Waals surface area contributed by atoms with Crippen molar-refractivity contribution in [2.45, 2.75) is 12.8 Å². The van der Waals surface area contributed by atoms with Crippen LogP contribution in [0.1, 0.15) is 23.2 Å². The maximum absolute atomic E-state index is 13.1. The molecule has 0 aromatic heterocycles. The van der Waals surface area contributed by atoms with E-state index in [0.29, 0.717) is 10.0 Å². The Kier molecular flexibility index (Phi) is 3.05. The summed E-state index contributed by atoms with van der Waals surface area (Å²) in [7, 11) is 0. The molecule has 1 aromatic rings. The fourth-order valence-electron chi connectivity index (χ4n) is 1.78. The van der Waals surface area contributed by atoms with Gasteiger partial charge in [0.25, 0.3) is 5.91 Å². The van der Waals surface area contributed by atoms with Crippen LogP contribution in [0.4, 0.5) is 4.39 Å². The molecule has 80 valence electrons. The Morgan fingerprint density at radius 3 is 2.53 bits per heavy atom. The smallest absolute Gasteiger partial charge is 0.253 e. The highest BCUT2D eigenvalue weighted by Crippen LogP contribution is 2.18. The Balaban J connectivity index is 2.24. The van der Waals surface area contributed by atoms with E-state index in [4.69, 9.17) is 0 Å². The third kappa shape index (κ3) is 2.37. The number of carbonyl (C=O) groups is 1. The molecule has 0 bridgehead atoms. The number of hydrogen-bond donors (Lipinski definition) is 0. The lowest BCUT2D eigenvalue weighted by Gasteiger charge is -2.15. The summed E-state index contributed by atoms with van der Waals surface area (Å²) in [5, 5.41) is 0. The van der Waals surface area contributed by atoms with Crippen molar-refractivity contribution < 1.29 is 9.18 Å². The lowest BCUT2D eigenvalue weighted by Crippen LogP contribution is -2.27. The molecule has 0 N–H and O–H groups in total. The second-order valence-electron chi connectivity index (χ2n) is 3.66. The van der Waals surface area contributed by atoms with E-state index in [9.17, 15) is 9.18 Å². The van der Waals surface area contributed by atoms with Crippen molar-refractivity contribution in [3.63, 3.8) is 0 Å². The van der Waals surface area contributed by atoms with Gasteiger partial charge < -0.3 is 4.90 Å². The summed E-state index contributed by atoms with van der Waals surface area (Å²) in [4.78, 5) is 13.7. The van der Waals surface area contributed by atoms with Gasteiger partial charge in [0, 0.05) is 23.1 Å². The minimum absolute atomic E-state index is 0.0762. The third-order valence-electron chi connectivity index (χ3n) is 2.50. The van der Waals surface area contributed by atoms with Crippen molar-refractivity contribution in [1.82, 2.24) is 4.90 Å². The van der Waals surface area contributed by atoms with Gasteiger partial charge in [0.2, 0.25) is 0 Å². The largest absolute Gasteiger partial charge is 0.339 e. The maximum Gasteiger partial charge on any atom is 0.253 e. The molecule has 0 radical (unpaired) electrons. The van der Waals surface area contributed by atoms with Gasteiger partial charge in [-0.3, -0.25) is 4.79 Å². The van der Waals surface area contributed by atoms with Crippen molar-refractivity contribution in [2.24, 2.45) is 0 Å². The van der Waals surface area contributed by atoms with E-state index in [-0.39, 0.29) is 11.7 Å². The lowest BCUT2D eigenvalue weighted by atomic mass is 10.2. The van der Waals surface area contributed by atoms with E-state index < -0.39 is 0 Å². The molecule has 0 atom stereocenters. The monoisotopic (exact) mass is 271 g/mol. The predicted octanol–water partition coefficient (Wildman–Crippen LogP) is 2.82. The van der Waals surface area contributed by atoms with Crippen LogP contribution < -0.4 is 0 Å². The molecule has 0 spiro atoms. The van der Waals surface area contributed by atoms with Gasteiger partial charge >= 0.3 is 0 Å². The Morgan fingerprint density at radius 1 is 1.27 bits per heavy atom. The molecule has 1 saturated heterocycles. The van der Waals surface area contributed by atoms with Gasteiger partial charge in [-0.05, 0) is 31.0 Å². The second kappa shape index (κ2) is 4.31. The maximum atomic E-state index is 13.1. The van der Waals surface area contributed by atoms with E-state index in [1.807, 2.05) is 0 Å². The summed E-state index contributed by atoms with van der Waals surface area (Å²) in [5.41, 5.74) is 0.420. The highest BCUT2D eigenvalue weighted by Gasteiger charge is 2.19. The first-order chi connectivity index (χ1) is 7.16. The third-order valence-corrected chi connectivity index (χ3v) is 2.96. The van der Waals surface area contributed by atoms with Crippen LogP contribution in [0.3, 0.4) is 0 Å². The number of rotatable bonds is 1. The van der Waals surface area contributed by atoms with Gasteiger partial charge in [-0.2, -0.15) is 0 Å². The first kappa shape index (κ1) is 10.6. The average Bonchev–Trinajstić information content (AvgIpc) is 2.67. The predicted molar refractivity (Wildman–Crippen MR) is 59.2 cm³/mol. The Bertz CT molecular complexity index is 368. The first-order valence-corrected chi connectivity index (χ1v) is 5.71. The summed E-state index contributed by atoms with van der Waals surface area (Å²) in [6, 6.07) is 4.29. The summed E-state index contributed by atoms with van der Waals surface area (Å²) in [6.45, 7) is 1.57. The van der Waals surface area contributed by atoms with Crippen LogP contribution in [0.15, 0.2) is 22.7 Å². The molecule has 1 amide bonds. The second-order valence-corrected chi connectivity index (χ2v) is 4.57. The molecule has 0 aliphatic carbocycles. The number of carbonyl (C=O) groups excluding carboxylic acids is 1. The summed E-state index contributed by atoms with van der Waals surface area (Å²) in [6.07, 6.45) is 2.09. The van der Waals surface area contributed by atoms with Crippen molar-refractivity contribution >= 4 is 21.8 Å². The van der Waals surface area contributed by atoms with E-state index in [1.54, 1.807) is 11.0 Å². The topological polar surface area (TPSA) is 20.3 Å². The van der Waals surface area contributed by atoms with Crippen LogP contribution >= 0.6 is 15.9 Å². The number of nitrogens with zero attached hydrogens (tertiary/aromatic N) is 1. The molecule has 2 rings (SSSR count). The molecule has 1 heterocycles. The van der Waals surface area contributed by atoms with Crippen LogP contribution in [0, 0.1) is 5.82 Å². The van der Waals surface area contributed by atoms with Gasteiger partial charge in [0.05, 0.1) is 0 Å². The van der Waals surface area contributed by atoms with Crippen molar-refractivity contribution in [2.75, 3.05) is 13.1 Å². The minimum Gasteiger partial charge on any atom is -0.339 e. The van der Waals surface area contributed by atoms with Crippen LogP contribution in [-0.2, 0) is 0 Å². The van der Waals surface area contributed by atoms with Gasteiger partial charge in [-0.15, -0.1) is 0 Å². The fourth-order valence-corrected chi connectivity index (χ4v) is 2.25. The van der Waals surface area contributed by atoms with Crippen LogP contribution in [0.5, 0.6) is 0 Å². The van der Waals surface area contributed by atoms with Gasteiger partial charge in [-0.25, -0.2) is 4.39 Å². The lowest BCUT2D eigenvalue weighted by molar-refractivity contribution is 0.0792. The van der Waals surface area contributed by atoms with Crippen molar-refractivity contribution in [3.05, 3.63) is 34.1 Å². The molecule has 4 heteroatoms. The number of hydrogen-bond acceptors (Lipinski definition) is 1. The van der Waals surface area contributed by atoms with E-state index >= 15 is 0 Å².